The van der Waals surface area contributed by atoms with Crippen LogP contribution in [-0.4, -0.2) is 29.3 Å². The summed E-state index contributed by atoms with van der Waals surface area (Å²) in [6, 6.07) is 5.76. The summed E-state index contributed by atoms with van der Waals surface area (Å²) in [5, 5.41) is 8.03. The quantitative estimate of drug-likeness (QED) is 0.804. The van der Waals surface area contributed by atoms with E-state index < -0.39 is 0 Å². The van der Waals surface area contributed by atoms with Gasteiger partial charge in [-0.15, -0.1) is 6.58 Å². The number of aryl methyl sites for hydroxylation is 1. The van der Waals surface area contributed by atoms with Gasteiger partial charge in [-0.05, 0) is 18.2 Å². The number of carbonyl (C=O) groups is 1. The molecule has 5 heteroatoms. The predicted molar refractivity (Wildman–Crippen MR) is 74.1 cm³/mol. The summed E-state index contributed by atoms with van der Waals surface area (Å²) in [5.74, 6) is 0.799. The summed E-state index contributed by atoms with van der Waals surface area (Å²) in [6.45, 7) is 4.61. The summed E-state index contributed by atoms with van der Waals surface area (Å²) < 4.78 is 6.99. The van der Waals surface area contributed by atoms with Gasteiger partial charge in [-0.2, -0.15) is 5.10 Å². The zero-order valence-electron chi connectivity index (χ0n) is 10.9. The third kappa shape index (κ3) is 3.13. The Kier molecular flexibility index (Phi) is 4.18. The Morgan fingerprint density at radius 3 is 3.16 bits per heavy atom. The van der Waals surface area contributed by atoms with Crippen LogP contribution in [-0.2, 0) is 11.3 Å². The monoisotopic (exact) mass is 259 g/mol. The third-order valence-electron chi connectivity index (χ3n) is 2.84. The molecular weight excluding hydrogens is 242 g/mol. The first kappa shape index (κ1) is 13.1. The number of carbonyl (C=O) groups excluding carboxylic acids is 1. The van der Waals surface area contributed by atoms with Crippen LogP contribution in [0.1, 0.15) is 6.42 Å². The number of ether oxygens (including phenoxy) is 1. The van der Waals surface area contributed by atoms with Gasteiger partial charge in [0.15, 0.2) is 0 Å². The number of methoxy groups -OCH3 is 1. The molecule has 1 amide bonds. The number of hydrogen-bond acceptors (Lipinski definition) is 3. The fraction of sp³-hybridized carbons (Fsp3) is 0.286. The molecule has 1 N–H and O–H groups in total. The van der Waals surface area contributed by atoms with Gasteiger partial charge in [0.2, 0.25) is 5.91 Å². The Balaban J connectivity index is 2.05. The van der Waals surface area contributed by atoms with E-state index in [-0.39, 0.29) is 5.91 Å². The second-order valence-corrected chi connectivity index (χ2v) is 4.14. The average molecular weight is 259 g/mol. The van der Waals surface area contributed by atoms with E-state index in [2.05, 4.69) is 17.0 Å². The van der Waals surface area contributed by atoms with Crippen molar-refractivity contribution in [3.8, 4) is 5.75 Å². The van der Waals surface area contributed by atoms with Crippen LogP contribution in [0.25, 0.3) is 10.9 Å². The second-order valence-electron chi connectivity index (χ2n) is 4.14. The highest BCUT2D eigenvalue weighted by molar-refractivity contribution is 5.80. The summed E-state index contributed by atoms with van der Waals surface area (Å²) >= 11 is 0. The van der Waals surface area contributed by atoms with Crippen molar-refractivity contribution in [2.24, 2.45) is 0 Å². The molecule has 0 spiro atoms. The maximum Gasteiger partial charge on any atom is 0.222 e. The number of hydrogen-bond donors (Lipinski definition) is 1. The first-order valence-corrected chi connectivity index (χ1v) is 6.11. The minimum atomic E-state index is -0.00272. The van der Waals surface area contributed by atoms with Gasteiger partial charge in [0.05, 0.1) is 25.4 Å². The molecule has 1 aromatic heterocycles. The number of rotatable bonds is 6. The van der Waals surface area contributed by atoms with Gasteiger partial charge in [0, 0.05) is 18.4 Å². The standard InChI is InChI=1S/C14H17N3O2/c1-3-7-15-14(18)6-8-17-13-5-4-12(19-2)9-11(13)10-16-17/h3-5,9-10H,1,6-8H2,2H3,(H,15,18). The van der Waals surface area contributed by atoms with Gasteiger partial charge >= 0.3 is 0 Å². The van der Waals surface area contributed by atoms with Gasteiger partial charge < -0.3 is 10.1 Å². The van der Waals surface area contributed by atoms with Crippen molar-refractivity contribution in [1.29, 1.82) is 0 Å². The molecule has 1 heterocycles. The zero-order chi connectivity index (χ0) is 13.7. The van der Waals surface area contributed by atoms with E-state index in [1.54, 1.807) is 19.4 Å². The predicted octanol–water partition coefficient (Wildman–Crippen LogP) is 1.74. The average Bonchev–Trinajstić information content (AvgIpc) is 2.84. The molecule has 2 rings (SSSR count). The largest absolute Gasteiger partial charge is 0.497 e. The Bertz CT molecular complexity index is 589. The van der Waals surface area contributed by atoms with Crippen LogP contribution in [0, 0.1) is 0 Å². The van der Waals surface area contributed by atoms with E-state index in [9.17, 15) is 4.79 Å². The van der Waals surface area contributed by atoms with Gasteiger partial charge in [-0.1, -0.05) is 6.08 Å². The highest BCUT2D eigenvalue weighted by Crippen LogP contribution is 2.20. The van der Waals surface area contributed by atoms with Crippen molar-refractivity contribution < 1.29 is 9.53 Å². The Morgan fingerprint density at radius 1 is 1.58 bits per heavy atom. The Labute approximate surface area is 111 Å². The normalized spacial score (nSPS) is 10.4. The maximum atomic E-state index is 11.5. The van der Waals surface area contributed by atoms with Crippen molar-refractivity contribution >= 4 is 16.8 Å². The van der Waals surface area contributed by atoms with Crippen LogP contribution >= 0.6 is 0 Å². The first-order valence-electron chi connectivity index (χ1n) is 6.11. The van der Waals surface area contributed by atoms with Gasteiger partial charge in [-0.3, -0.25) is 9.48 Å². The molecule has 0 atom stereocenters. The topological polar surface area (TPSA) is 56.2 Å². The molecule has 5 nitrogen and oxygen atoms in total. The Hall–Kier alpha value is -2.30. The molecule has 19 heavy (non-hydrogen) atoms. The van der Waals surface area contributed by atoms with E-state index in [0.717, 1.165) is 16.7 Å². The van der Waals surface area contributed by atoms with E-state index in [1.165, 1.54) is 0 Å². The molecule has 1 aromatic carbocycles. The van der Waals surface area contributed by atoms with E-state index in [0.29, 0.717) is 19.5 Å². The summed E-state index contributed by atoms with van der Waals surface area (Å²) in [4.78, 5) is 11.5. The maximum absolute atomic E-state index is 11.5. The lowest BCUT2D eigenvalue weighted by Gasteiger charge is -2.05. The fourth-order valence-electron chi connectivity index (χ4n) is 1.85. The lowest BCUT2D eigenvalue weighted by atomic mass is 10.2. The third-order valence-corrected chi connectivity index (χ3v) is 2.84. The van der Waals surface area contributed by atoms with Crippen molar-refractivity contribution in [1.82, 2.24) is 15.1 Å². The first-order chi connectivity index (χ1) is 9.24. The minimum absolute atomic E-state index is 0.00272. The highest BCUT2D eigenvalue weighted by atomic mass is 16.5. The molecule has 2 aromatic rings. The minimum Gasteiger partial charge on any atom is -0.497 e. The van der Waals surface area contributed by atoms with Gasteiger partial charge in [-0.25, -0.2) is 0 Å². The van der Waals surface area contributed by atoms with Crippen LogP contribution in [0.4, 0.5) is 0 Å². The van der Waals surface area contributed by atoms with Crippen LogP contribution in [0.5, 0.6) is 5.75 Å². The molecular formula is C14H17N3O2. The molecule has 0 aliphatic carbocycles. The van der Waals surface area contributed by atoms with Crippen molar-refractivity contribution in [3.63, 3.8) is 0 Å². The van der Waals surface area contributed by atoms with Crippen LogP contribution in [0.2, 0.25) is 0 Å². The van der Waals surface area contributed by atoms with Crippen molar-refractivity contribution in [3.05, 3.63) is 37.1 Å². The zero-order valence-corrected chi connectivity index (χ0v) is 10.9. The van der Waals surface area contributed by atoms with Gasteiger partial charge in [0.25, 0.3) is 0 Å². The van der Waals surface area contributed by atoms with Crippen LogP contribution in [0.3, 0.4) is 0 Å². The number of aromatic nitrogens is 2. The number of fused-ring (bicyclic) bond motifs is 1. The molecule has 0 saturated heterocycles. The lowest BCUT2D eigenvalue weighted by molar-refractivity contribution is -0.121. The van der Waals surface area contributed by atoms with E-state index >= 15 is 0 Å². The van der Waals surface area contributed by atoms with Gasteiger partial charge in [0.1, 0.15) is 5.75 Å². The second kappa shape index (κ2) is 6.04. The van der Waals surface area contributed by atoms with E-state index in [4.69, 9.17) is 4.74 Å². The molecule has 0 saturated carbocycles. The summed E-state index contributed by atoms with van der Waals surface area (Å²) in [7, 11) is 1.63. The number of benzene rings is 1. The molecule has 0 bridgehead atoms. The summed E-state index contributed by atoms with van der Waals surface area (Å²) in [5.41, 5.74) is 0.998. The molecule has 0 aliphatic rings. The number of nitrogens with zero attached hydrogens (tertiary/aromatic N) is 2. The highest BCUT2D eigenvalue weighted by Gasteiger charge is 2.06. The summed E-state index contributed by atoms with van der Waals surface area (Å²) in [6.07, 6.45) is 3.84. The van der Waals surface area contributed by atoms with Crippen LogP contribution < -0.4 is 10.1 Å². The van der Waals surface area contributed by atoms with E-state index in [1.807, 2.05) is 22.9 Å². The number of amides is 1. The SMILES string of the molecule is C=CCNC(=O)CCn1ncc2cc(OC)ccc21. The smallest absolute Gasteiger partial charge is 0.222 e. The van der Waals surface area contributed by atoms with Crippen molar-refractivity contribution in [2.75, 3.05) is 13.7 Å². The molecule has 0 radical (unpaired) electrons. The molecule has 0 unspecified atom stereocenters. The Morgan fingerprint density at radius 2 is 2.42 bits per heavy atom. The van der Waals surface area contributed by atoms with Crippen LogP contribution in [0.15, 0.2) is 37.1 Å². The molecule has 100 valence electrons. The lowest BCUT2D eigenvalue weighted by Crippen LogP contribution is -2.24. The molecule has 0 aliphatic heterocycles. The van der Waals surface area contributed by atoms with Crippen molar-refractivity contribution in [2.45, 2.75) is 13.0 Å². The number of nitrogens with one attached hydrogen (secondary N) is 1. The fourth-order valence-corrected chi connectivity index (χ4v) is 1.85. The molecule has 0 fully saturated rings.